The highest BCUT2D eigenvalue weighted by molar-refractivity contribution is 6.40. The molecular formula is C26H15NO2. The summed E-state index contributed by atoms with van der Waals surface area (Å²) in [4.78, 5) is 11.7. The molecule has 6 aromatic carbocycles. The van der Waals surface area contributed by atoms with Crippen LogP contribution in [0, 0.1) is 10.1 Å². The molecule has 0 saturated heterocycles. The van der Waals surface area contributed by atoms with Gasteiger partial charge >= 0.3 is 0 Å². The molecule has 6 aromatic rings. The van der Waals surface area contributed by atoms with E-state index < -0.39 is 0 Å². The topological polar surface area (TPSA) is 43.1 Å². The Balaban J connectivity index is 2.13. The van der Waals surface area contributed by atoms with Gasteiger partial charge in [-0.15, -0.1) is 0 Å². The molecule has 0 aromatic heterocycles. The zero-order chi connectivity index (χ0) is 19.5. The third-order valence-electron chi connectivity index (χ3n) is 5.91. The van der Waals surface area contributed by atoms with Crippen LogP contribution in [0.2, 0.25) is 0 Å². The number of benzene rings is 6. The number of non-ortho nitro benzene ring substituents is 1. The molecule has 0 unspecified atom stereocenters. The first-order valence-electron chi connectivity index (χ1n) is 9.56. The van der Waals surface area contributed by atoms with Crippen LogP contribution in [-0.2, 0) is 0 Å². The van der Waals surface area contributed by atoms with E-state index in [-0.39, 0.29) is 10.6 Å². The summed E-state index contributed by atoms with van der Waals surface area (Å²) in [6, 6.07) is 30.2. The molecule has 0 N–H and O–H groups in total. The van der Waals surface area contributed by atoms with Crippen molar-refractivity contribution in [2.45, 2.75) is 0 Å². The van der Waals surface area contributed by atoms with Crippen LogP contribution in [0.4, 0.5) is 5.69 Å². The number of hydrogen-bond acceptors (Lipinski definition) is 2. The van der Waals surface area contributed by atoms with E-state index in [1.807, 2.05) is 42.5 Å². The van der Waals surface area contributed by atoms with Crippen LogP contribution in [0.15, 0.2) is 91.0 Å². The molecule has 0 heterocycles. The largest absolute Gasteiger partial charge is 0.277 e. The fraction of sp³-hybridized carbons (Fsp3) is 0. The molecule has 0 amide bonds. The summed E-state index contributed by atoms with van der Waals surface area (Å²) in [6.07, 6.45) is 0. The molecule has 29 heavy (non-hydrogen) atoms. The van der Waals surface area contributed by atoms with Gasteiger partial charge in [0.1, 0.15) is 0 Å². The van der Waals surface area contributed by atoms with E-state index in [0.717, 1.165) is 43.1 Å². The summed E-state index contributed by atoms with van der Waals surface area (Å²) < 4.78 is 0. The van der Waals surface area contributed by atoms with Crippen LogP contribution in [0.5, 0.6) is 0 Å². The number of hydrogen-bond donors (Lipinski definition) is 0. The summed E-state index contributed by atoms with van der Waals surface area (Å²) in [7, 11) is 0. The summed E-state index contributed by atoms with van der Waals surface area (Å²) >= 11 is 0. The number of nitrogens with zero attached hydrogens (tertiary/aromatic N) is 1. The average molecular weight is 373 g/mol. The number of nitro benzene ring substituents is 1. The lowest BCUT2D eigenvalue weighted by molar-refractivity contribution is -0.383. The van der Waals surface area contributed by atoms with E-state index in [0.29, 0.717) is 5.39 Å². The summed E-state index contributed by atoms with van der Waals surface area (Å²) in [5.74, 6) is 0. The molecule has 3 nitrogen and oxygen atoms in total. The average Bonchev–Trinajstić information content (AvgIpc) is 2.78. The smallest absolute Gasteiger partial charge is 0.258 e. The van der Waals surface area contributed by atoms with Crippen LogP contribution in [0.3, 0.4) is 0 Å². The van der Waals surface area contributed by atoms with Gasteiger partial charge in [0.2, 0.25) is 0 Å². The van der Waals surface area contributed by atoms with E-state index in [1.54, 1.807) is 12.1 Å². The zero-order valence-electron chi connectivity index (χ0n) is 15.4. The SMILES string of the molecule is O=[N+]([O-])c1cccc2c3ccccc3c3c4ccccc4c4ccccc4c3c12. The summed E-state index contributed by atoms with van der Waals surface area (Å²) in [5, 5.41) is 22.3. The van der Waals surface area contributed by atoms with Gasteiger partial charge < -0.3 is 0 Å². The van der Waals surface area contributed by atoms with Gasteiger partial charge in [0.05, 0.1) is 10.3 Å². The minimum absolute atomic E-state index is 0.152. The van der Waals surface area contributed by atoms with Crippen molar-refractivity contribution >= 4 is 59.5 Å². The van der Waals surface area contributed by atoms with Crippen molar-refractivity contribution in [1.29, 1.82) is 0 Å². The van der Waals surface area contributed by atoms with Crippen molar-refractivity contribution in [3.8, 4) is 0 Å². The van der Waals surface area contributed by atoms with Crippen molar-refractivity contribution in [2.24, 2.45) is 0 Å². The first-order valence-corrected chi connectivity index (χ1v) is 9.56. The second-order valence-electron chi connectivity index (χ2n) is 7.34. The molecule has 0 saturated carbocycles. The lowest BCUT2D eigenvalue weighted by Gasteiger charge is -2.16. The molecule has 0 atom stereocenters. The van der Waals surface area contributed by atoms with Crippen molar-refractivity contribution < 1.29 is 4.92 Å². The van der Waals surface area contributed by atoms with Gasteiger partial charge in [0, 0.05) is 11.5 Å². The van der Waals surface area contributed by atoms with E-state index in [1.165, 1.54) is 5.39 Å². The molecule has 6 rings (SSSR count). The standard InChI is InChI=1S/C26H15NO2/c28-27(29)23-15-7-14-21-18-10-3-5-12-20(18)24-19-11-4-1-8-16(19)17-9-2-6-13-22(17)26(24)25(21)23/h1-15H. The first-order chi connectivity index (χ1) is 14.3. The van der Waals surface area contributed by atoms with E-state index in [4.69, 9.17) is 0 Å². The number of fused-ring (bicyclic) bond motifs is 11. The zero-order valence-corrected chi connectivity index (χ0v) is 15.4. The van der Waals surface area contributed by atoms with E-state index >= 15 is 0 Å². The van der Waals surface area contributed by atoms with Gasteiger partial charge in [-0.05, 0) is 43.1 Å². The van der Waals surface area contributed by atoms with Crippen LogP contribution in [0.25, 0.3) is 53.9 Å². The summed E-state index contributed by atoms with van der Waals surface area (Å²) in [5.41, 5.74) is 0.152. The second kappa shape index (κ2) is 5.76. The molecule has 3 heteroatoms. The lowest BCUT2D eigenvalue weighted by atomic mass is 9.87. The Labute approximate surface area is 165 Å². The Morgan fingerprint density at radius 2 is 0.828 bits per heavy atom. The van der Waals surface area contributed by atoms with Gasteiger partial charge in [-0.1, -0.05) is 84.9 Å². The van der Waals surface area contributed by atoms with Crippen LogP contribution < -0.4 is 0 Å². The van der Waals surface area contributed by atoms with Gasteiger partial charge in [0.25, 0.3) is 5.69 Å². The molecular weight excluding hydrogens is 358 g/mol. The van der Waals surface area contributed by atoms with Crippen LogP contribution in [-0.4, -0.2) is 4.92 Å². The van der Waals surface area contributed by atoms with E-state index in [9.17, 15) is 10.1 Å². The van der Waals surface area contributed by atoms with Crippen molar-refractivity contribution in [3.63, 3.8) is 0 Å². The molecule has 0 spiro atoms. The van der Waals surface area contributed by atoms with Crippen molar-refractivity contribution in [3.05, 3.63) is 101 Å². The highest BCUT2D eigenvalue weighted by Crippen LogP contribution is 2.45. The molecule has 136 valence electrons. The van der Waals surface area contributed by atoms with Gasteiger partial charge in [-0.25, -0.2) is 0 Å². The molecule has 0 bridgehead atoms. The Kier molecular flexibility index (Phi) is 3.18. The monoisotopic (exact) mass is 373 g/mol. The van der Waals surface area contributed by atoms with Gasteiger partial charge in [-0.2, -0.15) is 0 Å². The maximum Gasteiger partial charge on any atom is 0.277 e. The Morgan fingerprint density at radius 3 is 1.34 bits per heavy atom. The molecule has 0 fully saturated rings. The first kappa shape index (κ1) is 16.0. The molecule has 0 aliphatic carbocycles. The quantitative estimate of drug-likeness (QED) is 0.172. The number of nitro groups is 1. The predicted molar refractivity (Wildman–Crippen MR) is 121 cm³/mol. The molecule has 0 aliphatic heterocycles. The predicted octanol–water partition coefficient (Wildman–Crippen LogP) is 7.36. The fourth-order valence-corrected chi connectivity index (χ4v) is 4.80. The Morgan fingerprint density at radius 1 is 0.448 bits per heavy atom. The second-order valence-corrected chi connectivity index (χ2v) is 7.34. The highest BCUT2D eigenvalue weighted by atomic mass is 16.6. The Bertz CT molecular complexity index is 1620. The van der Waals surface area contributed by atoms with Crippen molar-refractivity contribution in [2.75, 3.05) is 0 Å². The fourth-order valence-electron chi connectivity index (χ4n) is 4.80. The van der Waals surface area contributed by atoms with Crippen LogP contribution in [0.1, 0.15) is 0 Å². The molecule has 0 radical (unpaired) electrons. The van der Waals surface area contributed by atoms with Gasteiger partial charge in [0.15, 0.2) is 0 Å². The minimum atomic E-state index is -0.263. The lowest BCUT2D eigenvalue weighted by Crippen LogP contribution is -1.93. The third kappa shape index (κ3) is 2.07. The van der Waals surface area contributed by atoms with Crippen molar-refractivity contribution in [1.82, 2.24) is 0 Å². The normalized spacial score (nSPS) is 11.7. The van der Waals surface area contributed by atoms with Crippen LogP contribution >= 0.6 is 0 Å². The minimum Gasteiger partial charge on any atom is -0.258 e. The maximum absolute atomic E-state index is 12.0. The maximum atomic E-state index is 12.0. The Hall–Kier alpha value is -3.98. The van der Waals surface area contributed by atoms with E-state index in [2.05, 4.69) is 36.4 Å². The highest BCUT2D eigenvalue weighted by Gasteiger charge is 2.21. The summed E-state index contributed by atoms with van der Waals surface area (Å²) in [6.45, 7) is 0. The van der Waals surface area contributed by atoms with Gasteiger partial charge in [-0.3, -0.25) is 10.1 Å². The molecule has 0 aliphatic rings. The number of rotatable bonds is 1. The third-order valence-corrected chi connectivity index (χ3v) is 5.91.